The Morgan fingerprint density at radius 2 is 1.88 bits per heavy atom. The summed E-state index contributed by atoms with van der Waals surface area (Å²) < 4.78 is 1.48. The summed E-state index contributed by atoms with van der Waals surface area (Å²) in [6.45, 7) is 1.40. The van der Waals surface area contributed by atoms with Crippen LogP contribution in [0.3, 0.4) is 0 Å². The third-order valence-electron chi connectivity index (χ3n) is 6.54. The van der Waals surface area contributed by atoms with Crippen LogP contribution in [0.15, 0.2) is 101 Å². The van der Waals surface area contributed by atoms with Crippen molar-refractivity contribution in [2.45, 2.75) is 13.1 Å². The van der Waals surface area contributed by atoms with E-state index in [4.69, 9.17) is 0 Å². The van der Waals surface area contributed by atoms with Crippen molar-refractivity contribution in [3.05, 3.63) is 130 Å². The van der Waals surface area contributed by atoms with Gasteiger partial charge in [-0.3, -0.25) is 24.8 Å². The average Bonchev–Trinajstić information content (AvgIpc) is 3.30. The van der Waals surface area contributed by atoms with Gasteiger partial charge in [0, 0.05) is 37.2 Å². The zero-order valence-corrected chi connectivity index (χ0v) is 23.4. The minimum absolute atomic E-state index is 0.0694. The Balaban J connectivity index is 1.18. The third kappa shape index (κ3) is 6.86. The Bertz CT molecular complexity index is 1710. The molecule has 0 aliphatic carbocycles. The molecule has 1 aliphatic heterocycles. The van der Waals surface area contributed by atoms with Crippen molar-refractivity contribution in [1.82, 2.24) is 19.8 Å². The number of carbonyl (C=O) groups excluding carboxylic acids is 2. The topological polar surface area (TPSA) is 121 Å². The molecule has 0 fully saturated rings. The van der Waals surface area contributed by atoms with Crippen LogP contribution in [-0.2, 0) is 17.9 Å². The number of nitrogens with zero attached hydrogens (tertiary/aromatic N) is 4. The lowest BCUT2D eigenvalue weighted by atomic mass is 10.1. The van der Waals surface area contributed by atoms with E-state index in [1.54, 1.807) is 36.8 Å². The van der Waals surface area contributed by atoms with E-state index in [1.807, 2.05) is 68.7 Å². The van der Waals surface area contributed by atoms with Crippen LogP contribution in [0.4, 0.5) is 11.4 Å². The van der Waals surface area contributed by atoms with Crippen molar-refractivity contribution in [3.8, 4) is 0 Å². The Kier molecular flexibility index (Phi) is 8.64. The third-order valence-corrected chi connectivity index (χ3v) is 6.54. The first kappa shape index (κ1) is 28.2. The van der Waals surface area contributed by atoms with Gasteiger partial charge in [0.2, 0.25) is 0 Å². The van der Waals surface area contributed by atoms with Crippen LogP contribution >= 0.6 is 0 Å². The maximum Gasteiger partial charge on any atom is 0.276 e. The van der Waals surface area contributed by atoms with E-state index in [9.17, 15) is 14.4 Å². The first-order chi connectivity index (χ1) is 20.4. The highest BCUT2D eigenvalue weighted by atomic mass is 16.2. The lowest BCUT2D eigenvalue weighted by Crippen LogP contribution is -2.33. The zero-order chi connectivity index (χ0) is 29.5. The van der Waals surface area contributed by atoms with Gasteiger partial charge in [-0.25, -0.2) is 0 Å². The zero-order valence-electron chi connectivity index (χ0n) is 23.4. The second kappa shape index (κ2) is 12.9. The number of amides is 2. The number of anilines is 2. The van der Waals surface area contributed by atoms with E-state index in [2.05, 4.69) is 31.0 Å². The van der Waals surface area contributed by atoms with Gasteiger partial charge in [0.05, 0.1) is 17.9 Å². The molecule has 0 radical (unpaired) electrons. The van der Waals surface area contributed by atoms with Gasteiger partial charge in [0.1, 0.15) is 5.56 Å². The number of pyridine rings is 2. The minimum Gasteiger partial charge on any atom is -0.348 e. The standard InChI is InChI=1S/C32H31N7O3/c1-38(2)20-23-9-12-25(13-10-23)36-37-29-26-14-11-22(18-28(26)35-31(29)41)6-4-16-34-30(40)27-8-5-17-39(32(27)42)21-24-7-3-15-33-19-24/h3-15,17-19,36H,16,20-21H2,1-2H3,(H,34,40)(H,35,37,41). The number of aromatic nitrogens is 2. The van der Waals surface area contributed by atoms with Gasteiger partial charge in [-0.05, 0) is 73.3 Å². The number of benzene rings is 2. The van der Waals surface area contributed by atoms with Gasteiger partial charge in [0.15, 0.2) is 5.71 Å². The number of hydrogen-bond acceptors (Lipinski definition) is 7. The summed E-state index contributed by atoms with van der Waals surface area (Å²) >= 11 is 0. The largest absolute Gasteiger partial charge is 0.348 e. The van der Waals surface area contributed by atoms with Crippen LogP contribution in [0.1, 0.15) is 32.6 Å². The number of hydrogen-bond donors (Lipinski definition) is 3. The molecular weight excluding hydrogens is 530 g/mol. The van der Waals surface area contributed by atoms with Gasteiger partial charge in [-0.15, -0.1) is 0 Å². The highest BCUT2D eigenvalue weighted by Gasteiger charge is 2.26. The van der Waals surface area contributed by atoms with Gasteiger partial charge >= 0.3 is 0 Å². The molecule has 4 aromatic rings. The predicted molar refractivity (Wildman–Crippen MR) is 164 cm³/mol. The Labute approximate surface area is 243 Å². The smallest absolute Gasteiger partial charge is 0.276 e. The van der Waals surface area contributed by atoms with Crippen molar-refractivity contribution in [3.63, 3.8) is 0 Å². The molecule has 5 rings (SSSR count). The van der Waals surface area contributed by atoms with E-state index in [1.165, 1.54) is 16.2 Å². The molecule has 42 heavy (non-hydrogen) atoms. The van der Waals surface area contributed by atoms with E-state index < -0.39 is 5.91 Å². The van der Waals surface area contributed by atoms with Crippen molar-refractivity contribution < 1.29 is 9.59 Å². The fraction of sp³-hybridized carbons (Fsp3) is 0.156. The highest BCUT2D eigenvalue weighted by molar-refractivity contribution is 6.53. The van der Waals surface area contributed by atoms with Crippen LogP contribution in [0, 0.1) is 0 Å². The molecule has 0 saturated heterocycles. The first-order valence-corrected chi connectivity index (χ1v) is 13.4. The van der Waals surface area contributed by atoms with Gasteiger partial charge in [-0.1, -0.05) is 36.4 Å². The molecule has 10 nitrogen and oxygen atoms in total. The maximum atomic E-state index is 12.8. The molecule has 2 amide bonds. The van der Waals surface area contributed by atoms with E-state index in [0.717, 1.165) is 23.4 Å². The molecule has 1 aliphatic rings. The molecule has 212 valence electrons. The fourth-order valence-corrected chi connectivity index (χ4v) is 4.52. The van der Waals surface area contributed by atoms with E-state index >= 15 is 0 Å². The summed E-state index contributed by atoms with van der Waals surface area (Å²) in [4.78, 5) is 44.2. The van der Waals surface area contributed by atoms with Crippen LogP contribution < -0.4 is 21.6 Å². The lowest BCUT2D eigenvalue weighted by molar-refractivity contribution is -0.110. The van der Waals surface area contributed by atoms with Crippen LogP contribution in [0.25, 0.3) is 6.08 Å². The summed E-state index contributed by atoms with van der Waals surface area (Å²) in [6.07, 6.45) is 8.62. The van der Waals surface area contributed by atoms with Gasteiger partial charge in [-0.2, -0.15) is 5.10 Å². The van der Waals surface area contributed by atoms with Gasteiger partial charge < -0.3 is 20.1 Å². The molecule has 0 spiro atoms. The van der Waals surface area contributed by atoms with Crippen molar-refractivity contribution in [1.29, 1.82) is 0 Å². The number of hydrazone groups is 1. The SMILES string of the molecule is CN(C)Cc1ccc(NN=C2C(=O)Nc3cc(C=CCNC(=O)c4cccn(Cc5cccnc5)c4=O)ccc32)cc1. The minimum atomic E-state index is -0.452. The van der Waals surface area contributed by atoms with Crippen molar-refractivity contribution in [2.24, 2.45) is 5.10 Å². The number of fused-ring (bicyclic) bond motifs is 1. The normalized spacial score (nSPS) is 13.4. The molecule has 3 N–H and O–H groups in total. The summed E-state index contributed by atoms with van der Waals surface area (Å²) in [5.41, 5.74) is 8.02. The Hall–Kier alpha value is -5.35. The summed E-state index contributed by atoms with van der Waals surface area (Å²) in [5.74, 6) is -0.737. The maximum absolute atomic E-state index is 12.8. The molecule has 0 bridgehead atoms. The monoisotopic (exact) mass is 561 g/mol. The number of carbonyl (C=O) groups is 2. The average molecular weight is 562 g/mol. The summed E-state index contributed by atoms with van der Waals surface area (Å²) in [5, 5.41) is 9.96. The second-order valence-corrected chi connectivity index (χ2v) is 10.1. The van der Waals surface area contributed by atoms with Crippen LogP contribution in [0.5, 0.6) is 0 Å². The quantitative estimate of drug-likeness (QED) is 0.255. The molecule has 0 atom stereocenters. The van der Waals surface area contributed by atoms with E-state index in [0.29, 0.717) is 23.5 Å². The molecule has 10 heteroatoms. The summed E-state index contributed by atoms with van der Waals surface area (Å²) in [6, 6.07) is 20.3. The van der Waals surface area contributed by atoms with Gasteiger partial charge in [0.25, 0.3) is 17.4 Å². The first-order valence-electron chi connectivity index (χ1n) is 13.4. The molecule has 0 saturated carbocycles. The molecule has 3 heterocycles. The summed E-state index contributed by atoms with van der Waals surface area (Å²) in [7, 11) is 4.04. The van der Waals surface area contributed by atoms with Crippen LogP contribution in [-0.4, -0.2) is 52.6 Å². The van der Waals surface area contributed by atoms with E-state index in [-0.39, 0.29) is 23.6 Å². The molecule has 2 aromatic heterocycles. The van der Waals surface area contributed by atoms with Crippen molar-refractivity contribution >= 4 is 35.0 Å². The number of nitrogens with one attached hydrogen (secondary N) is 3. The molecule has 0 unspecified atom stereocenters. The highest BCUT2D eigenvalue weighted by Crippen LogP contribution is 2.25. The molecule has 2 aromatic carbocycles. The molecular formula is C32H31N7O3. The number of rotatable bonds is 10. The Morgan fingerprint density at radius 1 is 1.05 bits per heavy atom. The predicted octanol–water partition coefficient (Wildman–Crippen LogP) is 3.56. The second-order valence-electron chi connectivity index (χ2n) is 10.1. The van der Waals surface area contributed by atoms with Crippen LogP contribution in [0.2, 0.25) is 0 Å². The van der Waals surface area contributed by atoms with Crippen molar-refractivity contribution in [2.75, 3.05) is 31.4 Å². The Morgan fingerprint density at radius 3 is 2.64 bits per heavy atom. The fourth-order valence-electron chi connectivity index (χ4n) is 4.52. The lowest BCUT2D eigenvalue weighted by Gasteiger charge is -2.10.